The maximum absolute atomic E-state index is 13.0. The summed E-state index contributed by atoms with van der Waals surface area (Å²) in [5, 5.41) is 4.10. The molecular formula is C23H17ClN2O3. The molecule has 1 amide bonds. The Morgan fingerprint density at radius 2 is 1.76 bits per heavy atom. The molecule has 144 valence electrons. The van der Waals surface area contributed by atoms with E-state index in [0.29, 0.717) is 33.3 Å². The topological polar surface area (TPSA) is 63.8 Å². The highest BCUT2D eigenvalue weighted by atomic mass is 35.5. The van der Waals surface area contributed by atoms with E-state index in [1.165, 1.54) is 0 Å². The van der Waals surface area contributed by atoms with E-state index in [0.717, 1.165) is 5.39 Å². The fourth-order valence-corrected chi connectivity index (χ4v) is 3.13. The standard InChI is InChI=1S/C23H17ClN2O3/c1-28-21-12-11-17(14-19(21)24)26-23-18(13-15-7-5-6-10-20(15)29-23)22(27)25-16-8-3-2-4-9-16/h2-14H,1H3,(H,25,27). The summed E-state index contributed by atoms with van der Waals surface area (Å²) < 4.78 is 11.1. The number of fused-ring (bicyclic) bond motifs is 1. The Kier molecular flexibility index (Phi) is 5.31. The number of benzene rings is 3. The van der Waals surface area contributed by atoms with Crippen LogP contribution >= 0.6 is 11.6 Å². The summed E-state index contributed by atoms with van der Waals surface area (Å²) in [6.07, 6.45) is 0. The Labute approximate surface area is 172 Å². The number of rotatable bonds is 4. The van der Waals surface area contributed by atoms with Crippen molar-refractivity contribution in [3.63, 3.8) is 0 Å². The van der Waals surface area contributed by atoms with E-state index in [1.807, 2.05) is 54.6 Å². The van der Waals surface area contributed by atoms with Crippen molar-refractivity contribution in [2.75, 3.05) is 12.4 Å². The molecule has 3 aromatic carbocycles. The number of ether oxygens (including phenoxy) is 1. The molecule has 1 aromatic heterocycles. The summed E-state index contributed by atoms with van der Waals surface area (Å²) in [6, 6.07) is 23.6. The predicted molar refractivity (Wildman–Crippen MR) is 114 cm³/mol. The van der Waals surface area contributed by atoms with E-state index >= 15 is 0 Å². The van der Waals surface area contributed by atoms with Gasteiger partial charge in [-0.25, -0.2) is 4.99 Å². The molecule has 0 atom stereocenters. The van der Waals surface area contributed by atoms with Gasteiger partial charge in [0.1, 0.15) is 16.9 Å². The van der Waals surface area contributed by atoms with Crippen molar-refractivity contribution < 1.29 is 13.9 Å². The smallest absolute Gasteiger partial charge is 0.261 e. The van der Waals surface area contributed by atoms with E-state index in [-0.39, 0.29) is 11.5 Å². The average Bonchev–Trinajstić information content (AvgIpc) is 2.74. The highest BCUT2D eigenvalue weighted by molar-refractivity contribution is 6.32. The van der Waals surface area contributed by atoms with Gasteiger partial charge in [-0.3, -0.25) is 4.79 Å². The summed E-state index contributed by atoms with van der Waals surface area (Å²) >= 11 is 6.21. The molecule has 4 aromatic rings. The van der Waals surface area contributed by atoms with E-state index in [4.69, 9.17) is 20.8 Å². The summed E-state index contributed by atoms with van der Waals surface area (Å²) in [6.45, 7) is 0. The monoisotopic (exact) mass is 404 g/mol. The number of methoxy groups -OCH3 is 1. The molecule has 6 heteroatoms. The Bertz CT molecular complexity index is 1250. The molecule has 0 saturated carbocycles. The third-order valence-electron chi connectivity index (χ3n) is 4.30. The van der Waals surface area contributed by atoms with Gasteiger partial charge in [0, 0.05) is 11.1 Å². The number of amides is 1. The maximum atomic E-state index is 13.0. The van der Waals surface area contributed by atoms with E-state index in [2.05, 4.69) is 10.3 Å². The minimum absolute atomic E-state index is 0.193. The second-order valence-corrected chi connectivity index (χ2v) is 6.66. The van der Waals surface area contributed by atoms with Gasteiger partial charge >= 0.3 is 0 Å². The number of anilines is 1. The molecule has 0 bridgehead atoms. The van der Waals surface area contributed by atoms with Crippen LogP contribution in [0.2, 0.25) is 5.02 Å². The summed E-state index contributed by atoms with van der Waals surface area (Å²) in [5.41, 5.74) is 2.37. The molecule has 29 heavy (non-hydrogen) atoms. The highest BCUT2D eigenvalue weighted by Crippen LogP contribution is 2.28. The van der Waals surface area contributed by atoms with Crippen molar-refractivity contribution in [2.24, 2.45) is 4.99 Å². The lowest BCUT2D eigenvalue weighted by molar-refractivity contribution is 0.102. The number of hydrogen-bond acceptors (Lipinski definition) is 4. The Hall–Kier alpha value is -3.57. The number of carbonyl (C=O) groups is 1. The molecule has 0 saturated heterocycles. The van der Waals surface area contributed by atoms with E-state index < -0.39 is 0 Å². The number of para-hydroxylation sites is 2. The number of nitrogens with zero attached hydrogens (tertiary/aromatic N) is 1. The Balaban J connectivity index is 1.84. The van der Waals surface area contributed by atoms with Crippen LogP contribution in [0.3, 0.4) is 0 Å². The number of hydrogen-bond donors (Lipinski definition) is 1. The largest absolute Gasteiger partial charge is 0.495 e. The number of carbonyl (C=O) groups excluding carboxylic acids is 1. The lowest BCUT2D eigenvalue weighted by Gasteiger charge is -2.07. The minimum Gasteiger partial charge on any atom is -0.495 e. The normalized spacial score (nSPS) is 11.4. The van der Waals surface area contributed by atoms with E-state index in [9.17, 15) is 4.79 Å². The zero-order valence-corrected chi connectivity index (χ0v) is 16.3. The van der Waals surface area contributed by atoms with Crippen LogP contribution < -0.4 is 15.6 Å². The minimum atomic E-state index is -0.316. The number of halogens is 1. The molecule has 1 heterocycles. The van der Waals surface area contributed by atoms with Crippen LogP contribution in [-0.2, 0) is 0 Å². The molecular weight excluding hydrogens is 388 g/mol. The first-order valence-corrected chi connectivity index (χ1v) is 9.29. The van der Waals surface area contributed by atoms with Crippen LogP contribution in [0.1, 0.15) is 10.4 Å². The van der Waals surface area contributed by atoms with Crippen LogP contribution in [0, 0.1) is 0 Å². The molecule has 4 rings (SSSR count). The molecule has 0 fully saturated rings. The summed E-state index contributed by atoms with van der Waals surface area (Å²) in [7, 11) is 1.54. The van der Waals surface area contributed by atoms with Crippen LogP contribution in [0.4, 0.5) is 11.4 Å². The lowest BCUT2D eigenvalue weighted by Crippen LogP contribution is -2.21. The zero-order chi connectivity index (χ0) is 20.2. The van der Waals surface area contributed by atoms with Crippen LogP contribution in [0.15, 0.2) is 88.3 Å². The van der Waals surface area contributed by atoms with Gasteiger partial charge in [0.25, 0.3) is 5.91 Å². The van der Waals surface area contributed by atoms with Crippen molar-refractivity contribution in [3.8, 4) is 5.75 Å². The average molecular weight is 405 g/mol. The molecule has 0 unspecified atom stereocenters. The third kappa shape index (κ3) is 4.15. The fraction of sp³-hybridized carbons (Fsp3) is 0.0435. The first-order valence-electron chi connectivity index (χ1n) is 8.91. The molecule has 5 nitrogen and oxygen atoms in total. The second kappa shape index (κ2) is 8.20. The molecule has 0 aliphatic rings. The van der Waals surface area contributed by atoms with Gasteiger partial charge in [-0.15, -0.1) is 0 Å². The second-order valence-electron chi connectivity index (χ2n) is 6.25. The molecule has 1 N–H and O–H groups in total. The van der Waals surface area contributed by atoms with Crippen LogP contribution in [0.5, 0.6) is 5.75 Å². The third-order valence-corrected chi connectivity index (χ3v) is 4.59. The first-order chi connectivity index (χ1) is 14.1. The maximum Gasteiger partial charge on any atom is 0.261 e. The van der Waals surface area contributed by atoms with Gasteiger partial charge in [0.05, 0.1) is 17.8 Å². The lowest BCUT2D eigenvalue weighted by atomic mass is 10.1. The van der Waals surface area contributed by atoms with Gasteiger partial charge in [-0.05, 0) is 42.5 Å². The summed E-state index contributed by atoms with van der Waals surface area (Å²) in [5.74, 6) is 0.229. The van der Waals surface area contributed by atoms with Crippen LogP contribution in [-0.4, -0.2) is 13.0 Å². The Morgan fingerprint density at radius 1 is 1.00 bits per heavy atom. The molecule has 0 radical (unpaired) electrons. The van der Waals surface area contributed by atoms with Crippen molar-refractivity contribution in [1.29, 1.82) is 0 Å². The fourth-order valence-electron chi connectivity index (χ4n) is 2.88. The zero-order valence-electron chi connectivity index (χ0n) is 15.6. The van der Waals surface area contributed by atoms with Crippen molar-refractivity contribution in [2.45, 2.75) is 0 Å². The van der Waals surface area contributed by atoms with Gasteiger partial charge in [-0.1, -0.05) is 48.0 Å². The van der Waals surface area contributed by atoms with Crippen LogP contribution in [0.25, 0.3) is 11.0 Å². The first kappa shape index (κ1) is 18.8. The summed E-state index contributed by atoms with van der Waals surface area (Å²) in [4.78, 5) is 17.5. The molecule has 0 aliphatic carbocycles. The van der Waals surface area contributed by atoms with Crippen molar-refractivity contribution >= 4 is 39.9 Å². The SMILES string of the molecule is COc1ccc(N=c2oc3ccccc3cc2C(=O)Nc2ccccc2)cc1Cl. The molecule has 0 aliphatic heterocycles. The highest BCUT2D eigenvalue weighted by Gasteiger charge is 2.13. The van der Waals surface area contributed by atoms with Gasteiger partial charge in [-0.2, -0.15) is 0 Å². The Morgan fingerprint density at radius 3 is 2.52 bits per heavy atom. The van der Waals surface area contributed by atoms with Gasteiger partial charge in [0.15, 0.2) is 0 Å². The van der Waals surface area contributed by atoms with Crippen molar-refractivity contribution in [3.05, 3.63) is 95.0 Å². The predicted octanol–water partition coefficient (Wildman–Crippen LogP) is 5.58. The molecule has 0 spiro atoms. The van der Waals surface area contributed by atoms with Gasteiger partial charge < -0.3 is 14.5 Å². The van der Waals surface area contributed by atoms with Crippen molar-refractivity contribution in [1.82, 2.24) is 0 Å². The van der Waals surface area contributed by atoms with E-state index in [1.54, 1.807) is 31.4 Å². The number of nitrogens with one attached hydrogen (secondary N) is 1. The van der Waals surface area contributed by atoms with Gasteiger partial charge in [0.2, 0.25) is 5.55 Å². The quantitative estimate of drug-likeness (QED) is 0.483.